The van der Waals surface area contributed by atoms with E-state index < -0.39 is 17.6 Å². The van der Waals surface area contributed by atoms with Crippen LogP contribution >= 0.6 is 23.4 Å². The zero-order valence-corrected chi connectivity index (χ0v) is 33.2. The lowest BCUT2D eigenvalue weighted by molar-refractivity contribution is 0.0587. The van der Waals surface area contributed by atoms with Crippen LogP contribution in [0.4, 0.5) is 8.78 Å². The Balaban J connectivity index is 1.35. The third-order valence-corrected chi connectivity index (χ3v) is 11.5. The van der Waals surface area contributed by atoms with Crippen molar-refractivity contribution in [3.05, 3.63) is 98.7 Å². The molecule has 8 bridgehead atoms. The summed E-state index contributed by atoms with van der Waals surface area (Å²) >= 11 is 8.84. The highest BCUT2D eigenvalue weighted by Gasteiger charge is 2.28. The molecule has 0 amide bonds. The number of halogens is 3. The highest BCUT2D eigenvalue weighted by molar-refractivity contribution is 7.97. The van der Waals surface area contributed by atoms with Gasteiger partial charge < -0.3 is 23.5 Å². The Morgan fingerprint density at radius 3 is 2.62 bits per heavy atom. The van der Waals surface area contributed by atoms with Crippen LogP contribution in [0.1, 0.15) is 50.8 Å². The van der Waals surface area contributed by atoms with E-state index in [0.29, 0.717) is 85.5 Å². The number of fused-ring (bicyclic) bond motifs is 8. The summed E-state index contributed by atoms with van der Waals surface area (Å²) in [6.45, 7) is 6.62. The van der Waals surface area contributed by atoms with Crippen molar-refractivity contribution in [2.45, 2.75) is 57.7 Å². The van der Waals surface area contributed by atoms with Gasteiger partial charge in [0.25, 0.3) is 0 Å². The van der Waals surface area contributed by atoms with Crippen molar-refractivity contribution in [1.82, 2.24) is 24.1 Å². The molecule has 14 heteroatoms. The number of benzene rings is 3. The van der Waals surface area contributed by atoms with Gasteiger partial charge in [-0.05, 0) is 86.7 Å². The first-order valence-electron chi connectivity index (χ1n) is 18.3. The molecule has 7 rings (SSSR count). The lowest BCUT2D eigenvalue weighted by Crippen LogP contribution is -2.13. The molecular formula is C41H44ClF2N5O5S. The van der Waals surface area contributed by atoms with Crippen LogP contribution in [0.3, 0.4) is 0 Å². The fourth-order valence-electron chi connectivity index (χ4n) is 7.56. The average molecular weight is 792 g/mol. The first kappa shape index (κ1) is 38.8. The van der Waals surface area contributed by atoms with Crippen molar-refractivity contribution in [3.63, 3.8) is 0 Å². The lowest BCUT2D eigenvalue weighted by Gasteiger charge is -2.15. The number of esters is 1. The van der Waals surface area contributed by atoms with Crippen molar-refractivity contribution in [1.29, 1.82) is 0 Å². The zero-order valence-electron chi connectivity index (χ0n) is 31.6. The molecule has 3 aromatic carbocycles. The zero-order chi connectivity index (χ0) is 38.8. The Morgan fingerprint density at radius 1 is 0.982 bits per heavy atom. The largest absolute Gasteiger partial charge is 0.493 e. The number of hydrogen-bond acceptors (Lipinski definition) is 8. The van der Waals surface area contributed by atoms with E-state index >= 15 is 4.39 Å². The molecule has 10 nitrogen and oxygen atoms in total. The molecule has 0 radical (unpaired) electrons. The quantitative estimate of drug-likeness (QED) is 0.118. The number of carbonyl (C=O) groups excluding carboxylic acids is 1. The van der Waals surface area contributed by atoms with Gasteiger partial charge in [-0.3, -0.25) is 9.36 Å². The maximum absolute atomic E-state index is 15.2. The summed E-state index contributed by atoms with van der Waals surface area (Å²) in [7, 11) is 4.94. The van der Waals surface area contributed by atoms with E-state index in [4.69, 9.17) is 40.7 Å². The van der Waals surface area contributed by atoms with Crippen molar-refractivity contribution < 1.29 is 32.5 Å². The Hall–Kier alpha value is -4.43. The van der Waals surface area contributed by atoms with E-state index in [2.05, 4.69) is 6.07 Å². The number of ether oxygens (including phenoxy) is 4. The van der Waals surface area contributed by atoms with Gasteiger partial charge >= 0.3 is 5.97 Å². The van der Waals surface area contributed by atoms with Gasteiger partial charge in [0.15, 0.2) is 11.6 Å². The average Bonchev–Trinajstić information content (AvgIpc) is 3.79. The molecule has 0 N–H and O–H groups in total. The van der Waals surface area contributed by atoms with Crippen LogP contribution in [-0.2, 0) is 58.7 Å². The van der Waals surface area contributed by atoms with Gasteiger partial charge in [0, 0.05) is 81.4 Å². The summed E-state index contributed by atoms with van der Waals surface area (Å²) in [5, 5.41) is 12.0. The third kappa shape index (κ3) is 7.72. The fraction of sp³-hybridized carbons (Fsp3) is 0.390. The van der Waals surface area contributed by atoms with Crippen molar-refractivity contribution in [3.8, 4) is 16.9 Å². The Bertz CT molecular complexity index is 2390. The molecule has 3 aromatic heterocycles. The maximum Gasteiger partial charge on any atom is 0.354 e. The molecule has 0 fully saturated rings. The molecule has 0 saturated carbocycles. The summed E-state index contributed by atoms with van der Waals surface area (Å²) in [5.74, 6) is -0.591. The van der Waals surface area contributed by atoms with E-state index in [1.165, 1.54) is 7.11 Å². The van der Waals surface area contributed by atoms with Crippen LogP contribution in [0.2, 0.25) is 5.02 Å². The van der Waals surface area contributed by atoms with Gasteiger partial charge in [-0.25, -0.2) is 13.6 Å². The summed E-state index contributed by atoms with van der Waals surface area (Å²) in [6.07, 6.45) is 1.72. The molecular weight excluding hydrogens is 748 g/mol. The van der Waals surface area contributed by atoms with E-state index in [-0.39, 0.29) is 12.0 Å². The number of carbonyl (C=O) groups is 1. The standard InChI is InChI=1S/C41H44ClF2N5O5S/c1-24-36-34-12-10-31(42)38(36)37-25(2)49(14-16-53-18-17-51-4)46-33(37)23-55-22-27-21-28(47(3)45-27)8-7-26-19-30-29(9-11-32(43)39(30)44)35(20-26)54-15-6-13-48(34)40(24)41(50)52-5/h9-12,19-21H,6-8,13-18,22-23H2,1-5H3. The smallest absolute Gasteiger partial charge is 0.354 e. The number of thioether (sulfide) groups is 1. The second-order valence-corrected chi connectivity index (χ2v) is 15.1. The number of hydrogen-bond donors (Lipinski definition) is 0. The molecule has 4 heterocycles. The van der Waals surface area contributed by atoms with Crippen molar-refractivity contribution >= 4 is 51.0 Å². The molecule has 1 aliphatic rings. The number of methoxy groups -OCH3 is 2. The normalized spacial score (nSPS) is 13.9. The van der Waals surface area contributed by atoms with Crippen LogP contribution < -0.4 is 4.74 Å². The minimum absolute atomic E-state index is 0.174. The Labute approximate surface area is 327 Å². The Morgan fingerprint density at radius 2 is 1.82 bits per heavy atom. The summed E-state index contributed by atoms with van der Waals surface area (Å²) in [6, 6.07) is 12.2. The summed E-state index contributed by atoms with van der Waals surface area (Å²) < 4.78 is 58.0. The van der Waals surface area contributed by atoms with Crippen molar-refractivity contribution in [2.75, 3.05) is 40.6 Å². The fourth-order valence-corrected chi connectivity index (χ4v) is 8.66. The molecule has 0 unspecified atom stereocenters. The molecule has 1 aliphatic heterocycles. The molecule has 0 spiro atoms. The minimum Gasteiger partial charge on any atom is -0.493 e. The summed E-state index contributed by atoms with van der Waals surface area (Å²) in [4.78, 5) is 13.5. The van der Waals surface area contributed by atoms with Crippen LogP contribution in [-0.4, -0.2) is 70.7 Å². The molecule has 0 aliphatic carbocycles. The second-order valence-electron chi connectivity index (χ2n) is 13.7. The van der Waals surface area contributed by atoms with Gasteiger partial charge in [-0.1, -0.05) is 11.6 Å². The first-order valence-corrected chi connectivity index (χ1v) is 19.8. The van der Waals surface area contributed by atoms with Gasteiger partial charge in [0.05, 0.1) is 51.5 Å². The first-order chi connectivity index (χ1) is 26.6. The number of aryl methyl sites for hydroxylation is 5. The van der Waals surface area contributed by atoms with E-state index in [1.54, 1.807) is 31.0 Å². The van der Waals surface area contributed by atoms with E-state index in [9.17, 15) is 9.18 Å². The summed E-state index contributed by atoms with van der Waals surface area (Å²) in [5.41, 5.74) is 8.28. The highest BCUT2D eigenvalue weighted by Crippen LogP contribution is 2.43. The molecule has 0 saturated heterocycles. The monoisotopic (exact) mass is 791 g/mol. The van der Waals surface area contributed by atoms with Crippen LogP contribution in [0, 0.1) is 25.5 Å². The maximum atomic E-state index is 15.2. The molecule has 6 aromatic rings. The minimum atomic E-state index is -0.910. The predicted molar refractivity (Wildman–Crippen MR) is 211 cm³/mol. The number of rotatable bonds is 7. The number of nitrogens with zero attached hydrogens (tertiary/aromatic N) is 5. The number of aromatic nitrogens is 5. The highest BCUT2D eigenvalue weighted by atomic mass is 35.5. The Kier molecular flexibility index (Phi) is 11.8. The molecule has 0 atom stereocenters. The predicted octanol–water partition coefficient (Wildman–Crippen LogP) is 8.39. The van der Waals surface area contributed by atoms with Gasteiger partial charge in [-0.2, -0.15) is 10.2 Å². The molecule has 290 valence electrons. The van der Waals surface area contributed by atoms with Crippen LogP contribution in [0.25, 0.3) is 32.8 Å². The van der Waals surface area contributed by atoms with Gasteiger partial charge in [-0.15, -0.1) is 11.8 Å². The molecule has 55 heavy (non-hydrogen) atoms. The SMILES string of the molecule is COCCOCCn1nc2c(c1C)-c1c(Cl)ccc3c1c(C)c(C(=O)OC)n3CCCOc1cc(cc3c(F)c(F)ccc13)CCc1cc(nn1C)CSC2. The van der Waals surface area contributed by atoms with Crippen LogP contribution in [0.5, 0.6) is 5.75 Å². The second kappa shape index (κ2) is 16.7. The van der Waals surface area contributed by atoms with E-state index in [1.807, 2.05) is 53.0 Å². The van der Waals surface area contributed by atoms with E-state index in [0.717, 1.165) is 62.0 Å². The topological polar surface area (TPSA) is 94.6 Å². The van der Waals surface area contributed by atoms with Gasteiger partial charge in [0.1, 0.15) is 11.4 Å². The lowest BCUT2D eigenvalue weighted by atomic mass is 9.97. The third-order valence-electron chi connectivity index (χ3n) is 10.2. The van der Waals surface area contributed by atoms with Gasteiger partial charge in [0.2, 0.25) is 0 Å². The van der Waals surface area contributed by atoms with Crippen LogP contribution in [0.15, 0.2) is 42.5 Å². The van der Waals surface area contributed by atoms with Crippen molar-refractivity contribution in [2.24, 2.45) is 7.05 Å².